The highest BCUT2D eigenvalue weighted by Gasteiger charge is 2.45. The van der Waals surface area contributed by atoms with Gasteiger partial charge in [-0.2, -0.15) is 0 Å². The SMILES string of the molecule is CC1=Cc2cc(Cl)cc(Cl)c2OC12Oc1c(Cl)cc(Cl)cc1C=C2C. The Kier molecular flexibility index (Phi) is 4.01. The maximum Gasteiger partial charge on any atom is 0.297 e. The van der Waals surface area contributed by atoms with E-state index >= 15 is 0 Å². The maximum absolute atomic E-state index is 6.34. The lowest BCUT2D eigenvalue weighted by molar-refractivity contribution is -0.0512. The lowest BCUT2D eigenvalue weighted by atomic mass is 9.90. The van der Waals surface area contributed by atoms with Gasteiger partial charge in [0.05, 0.1) is 10.0 Å². The molecule has 0 atom stereocenters. The van der Waals surface area contributed by atoms with Crippen LogP contribution in [0.4, 0.5) is 0 Å². The number of rotatable bonds is 0. The van der Waals surface area contributed by atoms with E-state index in [1.54, 1.807) is 12.1 Å². The summed E-state index contributed by atoms with van der Waals surface area (Å²) in [6, 6.07) is 6.91. The fourth-order valence-corrected chi connectivity index (χ4v) is 4.28. The van der Waals surface area contributed by atoms with Crippen LogP contribution in [0.3, 0.4) is 0 Å². The van der Waals surface area contributed by atoms with Gasteiger partial charge >= 0.3 is 0 Å². The normalized spacial score (nSPS) is 17.0. The summed E-state index contributed by atoms with van der Waals surface area (Å²) < 4.78 is 12.5. The molecule has 2 heterocycles. The molecule has 0 unspecified atom stereocenters. The van der Waals surface area contributed by atoms with Crippen molar-refractivity contribution in [2.24, 2.45) is 0 Å². The van der Waals surface area contributed by atoms with Gasteiger partial charge in [0.25, 0.3) is 5.79 Å². The molecule has 2 aliphatic heterocycles. The van der Waals surface area contributed by atoms with Crippen molar-refractivity contribution < 1.29 is 9.47 Å². The number of halogens is 4. The summed E-state index contributed by atoms with van der Waals surface area (Å²) in [6.07, 6.45) is 3.92. The van der Waals surface area contributed by atoms with E-state index in [9.17, 15) is 0 Å². The molecule has 2 aromatic carbocycles. The molecule has 0 saturated carbocycles. The minimum atomic E-state index is -1.10. The summed E-state index contributed by atoms with van der Waals surface area (Å²) >= 11 is 24.9. The molecular weight excluding hydrogens is 402 g/mol. The third-order valence-electron chi connectivity index (χ3n) is 4.35. The van der Waals surface area contributed by atoms with Gasteiger partial charge in [-0.05, 0) is 50.3 Å². The standard InChI is InChI=1S/C19H12Cl4O2/c1-9-3-11-5-13(20)7-15(22)17(11)24-19(9)10(2)4-12-6-14(21)8-16(23)18(12)25-19/h3-8H,1-2H3. The highest BCUT2D eigenvalue weighted by molar-refractivity contribution is 6.36. The third-order valence-corrected chi connectivity index (χ3v) is 5.35. The Morgan fingerprint density at radius 1 is 0.680 bits per heavy atom. The van der Waals surface area contributed by atoms with Crippen molar-refractivity contribution in [3.8, 4) is 11.5 Å². The molecule has 1 spiro atoms. The minimum Gasteiger partial charge on any atom is -0.443 e. The molecular formula is C19H12Cl4O2. The number of hydrogen-bond donors (Lipinski definition) is 0. The van der Waals surface area contributed by atoms with Crippen molar-refractivity contribution in [1.82, 2.24) is 0 Å². The monoisotopic (exact) mass is 412 g/mol. The first-order valence-electron chi connectivity index (χ1n) is 7.54. The molecule has 0 fully saturated rings. The summed E-state index contributed by atoms with van der Waals surface area (Å²) in [6.45, 7) is 3.87. The van der Waals surface area contributed by atoms with E-state index in [1.807, 2.05) is 38.1 Å². The summed E-state index contributed by atoms with van der Waals surface area (Å²) in [7, 11) is 0. The van der Waals surface area contributed by atoms with Crippen LogP contribution in [0.25, 0.3) is 12.2 Å². The van der Waals surface area contributed by atoms with E-state index in [1.165, 1.54) is 0 Å². The number of fused-ring (bicyclic) bond motifs is 2. The second-order valence-electron chi connectivity index (χ2n) is 6.09. The molecule has 0 radical (unpaired) electrons. The predicted molar refractivity (Wildman–Crippen MR) is 104 cm³/mol. The van der Waals surface area contributed by atoms with Gasteiger partial charge in [0, 0.05) is 32.3 Å². The highest BCUT2D eigenvalue weighted by atomic mass is 35.5. The molecule has 0 amide bonds. The summed E-state index contributed by atoms with van der Waals surface area (Å²) in [5.74, 6) is -0.0505. The maximum atomic E-state index is 6.34. The fraction of sp³-hybridized carbons (Fsp3) is 0.158. The van der Waals surface area contributed by atoms with Gasteiger partial charge in [0.1, 0.15) is 0 Å². The van der Waals surface area contributed by atoms with Gasteiger partial charge < -0.3 is 9.47 Å². The molecule has 0 bridgehead atoms. The molecule has 6 heteroatoms. The molecule has 4 rings (SSSR count). The second kappa shape index (κ2) is 5.85. The van der Waals surface area contributed by atoms with Gasteiger partial charge in [-0.1, -0.05) is 46.4 Å². The van der Waals surface area contributed by atoms with E-state index in [0.29, 0.717) is 31.6 Å². The van der Waals surface area contributed by atoms with E-state index in [2.05, 4.69) is 0 Å². The first-order chi connectivity index (χ1) is 11.8. The van der Waals surface area contributed by atoms with Crippen LogP contribution in [-0.4, -0.2) is 5.79 Å². The van der Waals surface area contributed by atoms with Gasteiger partial charge in [-0.25, -0.2) is 0 Å². The molecule has 0 saturated heterocycles. The van der Waals surface area contributed by atoms with E-state index in [4.69, 9.17) is 55.9 Å². The lowest BCUT2D eigenvalue weighted by Crippen LogP contribution is -2.47. The Labute approximate surface area is 165 Å². The molecule has 25 heavy (non-hydrogen) atoms. The lowest BCUT2D eigenvalue weighted by Gasteiger charge is -2.42. The summed E-state index contributed by atoms with van der Waals surface area (Å²) in [5, 5.41) is 1.95. The largest absolute Gasteiger partial charge is 0.443 e. The van der Waals surface area contributed by atoms with Gasteiger partial charge in [-0.15, -0.1) is 0 Å². The van der Waals surface area contributed by atoms with Crippen LogP contribution in [0.15, 0.2) is 35.4 Å². The molecule has 0 aromatic heterocycles. The van der Waals surface area contributed by atoms with Crippen LogP contribution < -0.4 is 9.47 Å². The van der Waals surface area contributed by atoms with E-state index in [-0.39, 0.29) is 0 Å². The summed E-state index contributed by atoms with van der Waals surface area (Å²) in [5.41, 5.74) is 3.35. The Hall–Kier alpha value is -1.32. The van der Waals surface area contributed by atoms with Crippen molar-refractivity contribution in [2.75, 3.05) is 0 Å². The Morgan fingerprint density at radius 2 is 1.08 bits per heavy atom. The highest BCUT2D eigenvalue weighted by Crippen LogP contribution is 2.49. The fourth-order valence-electron chi connectivity index (χ4n) is 3.19. The van der Waals surface area contributed by atoms with Crippen LogP contribution in [0.1, 0.15) is 25.0 Å². The van der Waals surface area contributed by atoms with E-state index in [0.717, 1.165) is 22.3 Å². The molecule has 0 N–H and O–H groups in total. The average molecular weight is 414 g/mol. The predicted octanol–water partition coefficient (Wildman–Crippen LogP) is 7.29. The topological polar surface area (TPSA) is 18.5 Å². The minimum absolute atomic E-state index is 0.426. The van der Waals surface area contributed by atoms with Gasteiger partial charge in [0.2, 0.25) is 0 Å². The van der Waals surface area contributed by atoms with Crippen molar-refractivity contribution in [3.05, 3.63) is 66.6 Å². The van der Waals surface area contributed by atoms with Gasteiger partial charge in [-0.3, -0.25) is 0 Å². The Bertz CT molecular complexity index is 896. The number of hydrogen-bond acceptors (Lipinski definition) is 2. The Morgan fingerprint density at radius 3 is 1.48 bits per heavy atom. The van der Waals surface area contributed by atoms with Crippen LogP contribution in [0, 0.1) is 0 Å². The average Bonchev–Trinajstić information content (AvgIpc) is 2.51. The first kappa shape index (κ1) is 17.1. The quantitative estimate of drug-likeness (QED) is 0.451. The smallest absolute Gasteiger partial charge is 0.297 e. The Balaban J connectivity index is 1.90. The molecule has 2 nitrogen and oxygen atoms in total. The van der Waals surface area contributed by atoms with E-state index < -0.39 is 5.79 Å². The third kappa shape index (κ3) is 2.63. The molecule has 128 valence electrons. The van der Waals surface area contributed by atoms with Crippen molar-refractivity contribution in [3.63, 3.8) is 0 Å². The van der Waals surface area contributed by atoms with Crippen LogP contribution in [0.2, 0.25) is 20.1 Å². The molecule has 2 aliphatic rings. The van der Waals surface area contributed by atoms with Crippen molar-refractivity contribution in [2.45, 2.75) is 19.6 Å². The summed E-state index contributed by atoms with van der Waals surface area (Å²) in [4.78, 5) is 0. The van der Waals surface area contributed by atoms with Crippen molar-refractivity contribution >= 4 is 58.6 Å². The van der Waals surface area contributed by atoms with Crippen molar-refractivity contribution in [1.29, 1.82) is 0 Å². The second-order valence-corrected chi connectivity index (χ2v) is 7.77. The van der Waals surface area contributed by atoms with Crippen LogP contribution in [0.5, 0.6) is 11.5 Å². The molecule has 0 aliphatic carbocycles. The van der Waals surface area contributed by atoms with Gasteiger partial charge in [0.15, 0.2) is 11.5 Å². The number of benzene rings is 2. The van der Waals surface area contributed by atoms with Crippen LogP contribution in [-0.2, 0) is 0 Å². The number of ether oxygens (including phenoxy) is 2. The zero-order valence-corrected chi connectivity index (χ0v) is 16.3. The van der Waals surface area contributed by atoms with Crippen LogP contribution >= 0.6 is 46.4 Å². The first-order valence-corrected chi connectivity index (χ1v) is 9.05. The molecule has 2 aromatic rings. The zero-order valence-electron chi connectivity index (χ0n) is 13.3. The zero-order chi connectivity index (χ0) is 17.9.